The number of methoxy groups -OCH3 is 3. The normalized spacial score (nSPS) is 15.0. The monoisotopic (exact) mass is 420 g/mol. The van der Waals surface area contributed by atoms with Crippen molar-refractivity contribution in [3.05, 3.63) is 59.4 Å². The van der Waals surface area contributed by atoms with Crippen LogP contribution >= 0.6 is 0 Å². The van der Waals surface area contributed by atoms with Gasteiger partial charge in [-0.3, -0.25) is 9.80 Å². The Morgan fingerprint density at radius 1 is 0.839 bits per heavy atom. The number of fused-ring (bicyclic) bond motifs is 1. The summed E-state index contributed by atoms with van der Waals surface area (Å²) in [6.07, 6.45) is 4.07. The SMILES string of the molecule is COc1ccc(CN2CCN(Cc3cn4ccccc4c3C#N)CC2)c(OC)c1OC. The van der Waals surface area contributed by atoms with E-state index in [4.69, 9.17) is 14.2 Å². The van der Waals surface area contributed by atoms with Crippen molar-refractivity contribution in [1.29, 1.82) is 5.26 Å². The second kappa shape index (κ2) is 9.29. The Kier molecular flexibility index (Phi) is 6.31. The molecule has 3 aromatic rings. The number of ether oxygens (including phenoxy) is 3. The molecule has 3 heterocycles. The molecule has 0 bridgehead atoms. The first-order chi connectivity index (χ1) is 15.2. The molecule has 1 aromatic carbocycles. The van der Waals surface area contributed by atoms with E-state index in [1.54, 1.807) is 21.3 Å². The van der Waals surface area contributed by atoms with Gasteiger partial charge in [-0.2, -0.15) is 5.26 Å². The van der Waals surface area contributed by atoms with Crippen LogP contribution in [-0.4, -0.2) is 61.7 Å². The summed E-state index contributed by atoms with van der Waals surface area (Å²) < 4.78 is 18.6. The van der Waals surface area contributed by atoms with Crippen LogP contribution < -0.4 is 14.2 Å². The van der Waals surface area contributed by atoms with E-state index in [9.17, 15) is 5.26 Å². The van der Waals surface area contributed by atoms with Gasteiger partial charge in [0.1, 0.15) is 6.07 Å². The molecule has 0 aliphatic carbocycles. The van der Waals surface area contributed by atoms with Gasteiger partial charge in [0, 0.05) is 62.8 Å². The number of nitrogens with zero attached hydrogens (tertiary/aromatic N) is 4. The quantitative estimate of drug-likeness (QED) is 0.585. The van der Waals surface area contributed by atoms with Crippen LogP contribution in [0.25, 0.3) is 5.52 Å². The predicted octanol–water partition coefficient (Wildman–Crippen LogP) is 3.15. The smallest absolute Gasteiger partial charge is 0.203 e. The summed E-state index contributed by atoms with van der Waals surface area (Å²) in [5, 5.41) is 9.65. The molecule has 0 unspecified atom stereocenters. The lowest BCUT2D eigenvalue weighted by Gasteiger charge is -2.35. The summed E-state index contributed by atoms with van der Waals surface area (Å²) in [6, 6.07) is 12.3. The number of piperazine rings is 1. The fourth-order valence-electron chi connectivity index (χ4n) is 4.30. The van der Waals surface area contributed by atoms with E-state index >= 15 is 0 Å². The maximum atomic E-state index is 9.65. The molecule has 0 saturated carbocycles. The highest BCUT2D eigenvalue weighted by molar-refractivity contribution is 5.65. The Labute approximate surface area is 183 Å². The van der Waals surface area contributed by atoms with Gasteiger partial charge in [0.25, 0.3) is 0 Å². The number of rotatable bonds is 7. The zero-order valence-corrected chi connectivity index (χ0v) is 18.3. The molecule has 1 aliphatic heterocycles. The molecule has 0 amide bonds. The number of hydrogen-bond acceptors (Lipinski definition) is 6. The van der Waals surface area contributed by atoms with Gasteiger partial charge < -0.3 is 18.6 Å². The summed E-state index contributed by atoms with van der Waals surface area (Å²) in [6.45, 7) is 5.38. The molecule has 0 radical (unpaired) electrons. The minimum Gasteiger partial charge on any atom is -0.493 e. The van der Waals surface area contributed by atoms with Crippen LogP contribution in [-0.2, 0) is 13.1 Å². The molecule has 0 N–H and O–H groups in total. The fourth-order valence-corrected chi connectivity index (χ4v) is 4.30. The van der Waals surface area contributed by atoms with Crippen LogP contribution in [0.2, 0.25) is 0 Å². The van der Waals surface area contributed by atoms with Crippen LogP contribution in [0.3, 0.4) is 0 Å². The molecule has 0 spiro atoms. The molecule has 7 nitrogen and oxygen atoms in total. The highest BCUT2D eigenvalue weighted by atomic mass is 16.5. The zero-order valence-electron chi connectivity index (χ0n) is 18.3. The van der Waals surface area contributed by atoms with E-state index in [1.807, 2.05) is 40.9 Å². The Morgan fingerprint density at radius 2 is 1.52 bits per heavy atom. The second-order valence-corrected chi connectivity index (χ2v) is 7.68. The number of benzene rings is 1. The first-order valence-electron chi connectivity index (χ1n) is 10.4. The van der Waals surface area contributed by atoms with E-state index < -0.39 is 0 Å². The van der Waals surface area contributed by atoms with E-state index in [0.29, 0.717) is 11.5 Å². The lowest BCUT2D eigenvalue weighted by molar-refractivity contribution is 0.121. The van der Waals surface area contributed by atoms with Crippen LogP contribution in [0, 0.1) is 11.3 Å². The highest BCUT2D eigenvalue weighted by Crippen LogP contribution is 2.40. The first-order valence-corrected chi connectivity index (χ1v) is 10.4. The maximum Gasteiger partial charge on any atom is 0.203 e. The molecule has 31 heavy (non-hydrogen) atoms. The maximum absolute atomic E-state index is 9.65. The van der Waals surface area contributed by atoms with Gasteiger partial charge in [-0.05, 0) is 18.2 Å². The van der Waals surface area contributed by atoms with E-state index in [2.05, 4.69) is 22.1 Å². The van der Waals surface area contributed by atoms with Crippen molar-refractivity contribution in [2.45, 2.75) is 13.1 Å². The Balaban J connectivity index is 1.42. The molecule has 7 heteroatoms. The lowest BCUT2D eigenvalue weighted by Crippen LogP contribution is -2.45. The molecule has 0 atom stereocenters. The van der Waals surface area contributed by atoms with Gasteiger partial charge in [0.2, 0.25) is 5.75 Å². The second-order valence-electron chi connectivity index (χ2n) is 7.68. The Morgan fingerprint density at radius 3 is 2.13 bits per heavy atom. The minimum absolute atomic E-state index is 0.631. The largest absolute Gasteiger partial charge is 0.493 e. The molecule has 2 aromatic heterocycles. The van der Waals surface area contributed by atoms with Gasteiger partial charge in [-0.15, -0.1) is 0 Å². The third-order valence-electron chi connectivity index (χ3n) is 5.91. The predicted molar refractivity (Wildman–Crippen MR) is 119 cm³/mol. The third kappa shape index (κ3) is 4.18. The standard InChI is InChI=1S/C24H28N4O3/c1-29-22-8-7-18(23(30-2)24(22)31-3)15-26-10-12-27(13-11-26)16-19-17-28-9-5-4-6-21(28)20(19)14-25/h4-9,17H,10-13,15-16H2,1-3H3. The number of hydrogen-bond donors (Lipinski definition) is 0. The van der Waals surface area contributed by atoms with E-state index in [-0.39, 0.29) is 0 Å². The van der Waals surface area contributed by atoms with Crippen LogP contribution in [0.1, 0.15) is 16.7 Å². The van der Waals surface area contributed by atoms with Crippen LogP contribution in [0.5, 0.6) is 17.2 Å². The van der Waals surface area contributed by atoms with Crippen molar-refractivity contribution in [2.75, 3.05) is 47.5 Å². The average molecular weight is 421 g/mol. The Hall–Kier alpha value is -3.21. The van der Waals surface area contributed by atoms with Gasteiger partial charge in [0.15, 0.2) is 11.5 Å². The summed E-state index contributed by atoms with van der Waals surface area (Å²) in [5.41, 5.74) is 3.92. The minimum atomic E-state index is 0.631. The summed E-state index contributed by atoms with van der Waals surface area (Å²) in [7, 11) is 4.92. The van der Waals surface area contributed by atoms with Crippen molar-refractivity contribution in [2.24, 2.45) is 0 Å². The lowest BCUT2D eigenvalue weighted by atomic mass is 10.1. The van der Waals surface area contributed by atoms with Gasteiger partial charge >= 0.3 is 0 Å². The molecule has 1 aliphatic rings. The van der Waals surface area contributed by atoms with E-state index in [0.717, 1.165) is 67.2 Å². The van der Waals surface area contributed by atoms with Gasteiger partial charge in [-0.1, -0.05) is 12.1 Å². The summed E-state index contributed by atoms with van der Waals surface area (Å²) in [4.78, 5) is 4.83. The molecule has 162 valence electrons. The Bertz CT molecular complexity index is 1090. The molecule has 4 rings (SSSR count). The molecular weight excluding hydrogens is 392 g/mol. The van der Waals surface area contributed by atoms with Crippen molar-refractivity contribution in [1.82, 2.24) is 14.2 Å². The topological polar surface area (TPSA) is 62.4 Å². The van der Waals surface area contributed by atoms with Crippen LogP contribution in [0.15, 0.2) is 42.7 Å². The number of nitriles is 1. The van der Waals surface area contributed by atoms with Crippen LogP contribution in [0.4, 0.5) is 0 Å². The third-order valence-corrected chi connectivity index (χ3v) is 5.91. The average Bonchev–Trinajstić information content (AvgIpc) is 3.16. The first kappa shape index (κ1) is 21.0. The molecular formula is C24H28N4O3. The summed E-state index contributed by atoms with van der Waals surface area (Å²) in [5.74, 6) is 2.02. The van der Waals surface area contributed by atoms with Crippen molar-refractivity contribution >= 4 is 5.52 Å². The van der Waals surface area contributed by atoms with Crippen molar-refractivity contribution in [3.63, 3.8) is 0 Å². The van der Waals surface area contributed by atoms with Crippen molar-refractivity contribution < 1.29 is 14.2 Å². The van der Waals surface area contributed by atoms with Crippen molar-refractivity contribution in [3.8, 4) is 23.3 Å². The molecule has 1 fully saturated rings. The van der Waals surface area contributed by atoms with Gasteiger partial charge in [0.05, 0.1) is 32.4 Å². The summed E-state index contributed by atoms with van der Waals surface area (Å²) >= 11 is 0. The fraction of sp³-hybridized carbons (Fsp3) is 0.375. The number of aromatic nitrogens is 1. The van der Waals surface area contributed by atoms with Gasteiger partial charge in [-0.25, -0.2) is 0 Å². The molecule has 1 saturated heterocycles. The number of pyridine rings is 1. The highest BCUT2D eigenvalue weighted by Gasteiger charge is 2.22. The van der Waals surface area contributed by atoms with E-state index in [1.165, 1.54) is 0 Å². The zero-order chi connectivity index (χ0) is 21.8.